The predicted octanol–water partition coefficient (Wildman–Crippen LogP) is -4.69. The number of aliphatic hydroxyl groups excluding tert-OH is 8. The van der Waals surface area contributed by atoms with Gasteiger partial charge in [-0.25, -0.2) is 4.79 Å². The van der Waals surface area contributed by atoms with Crippen molar-refractivity contribution >= 4 is 17.7 Å². The van der Waals surface area contributed by atoms with Gasteiger partial charge in [0.25, 0.3) is 0 Å². The Labute approximate surface area is 300 Å². The molecule has 5 aliphatic rings. The number of ketones is 1. The summed E-state index contributed by atoms with van der Waals surface area (Å²) in [7, 11) is 0. The molecule has 0 bridgehead atoms. The number of phenolic OH excluding ortho intramolecular Hbond substituents is 1. The molecule has 1 spiro atoms. The van der Waals surface area contributed by atoms with Crippen LogP contribution in [0, 0.1) is 11.8 Å². The Bertz CT molecular complexity index is 1490. The predicted molar refractivity (Wildman–Crippen MR) is 166 cm³/mol. The molecule has 1 aromatic carbocycles. The average molecular weight is 761 g/mol. The molecule has 20 heteroatoms. The molecule has 0 radical (unpaired) electrons. The molecule has 1 saturated carbocycles. The van der Waals surface area contributed by atoms with E-state index in [4.69, 9.17) is 33.2 Å². The van der Waals surface area contributed by atoms with Crippen molar-refractivity contribution in [1.82, 2.24) is 0 Å². The van der Waals surface area contributed by atoms with E-state index >= 15 is 0 Å². The highest BCUT2D eigenvalue weighted by Crippen LogP contribution is 2.50. The molecule has 0 aromatic heterocycles. The van der Waals surface area contributed by atoms with E-state index in [1.165, 1.54) is 24.3 Å². The molecule has 6 rings (SSSR count). The maximum absolute atomic E-state index is 13.8. The Kier molecular flexibility index (Phi) is 11.5. The summed E-state index contributed by atoms with van der Waals surface area (Å²) in [5.74, 6) is -6.92. The number of ether oxygens (including phenoxy) is 7. The Morgan fingerprint density at radius 1 is 0.849 bits per heavy atom. The minimum absolute atomic E-state index is 0.0697. The van der Waals surface area contributed by atoms with Gasteiger partial charge in [-0.1, -0.05) is 6.92 Å². The van der Waals surface area contributed by atoms with Crippen LogP contribution in [0.3, 0.4) is 0 Å². The number of carbonyl (C=O) groups excluding carboxylic acids is 3. The number of hydrogen-bond acceptors (Lipinski definition) is 20. The van der Waals surface area contributed by atoms with Crippen LogP contribution in [0.15, 0.2) is 24.3 Å². The number of aliphatic hydroxyl groups is 9. The molecule has 20 nitrogen and oxygen atoms in total. The van der Waals surface area contributed by atoms with Crippen LogP contribution in [0.2, 0.25) is 0 Å². The number of hydrogen-bond donors (Lipinski definition) is 10. The van der Waals surface area contributed by atoms with E-state index in [2.05, 4.69) is 0 Å². The van der Waals surface area contributed by atoms with Gasteiger partial charge < -0.3 is 84.2 Å². The quantitative estimate of drug-likeness (QED) is 0.111. The normalized spacial score (nSPS) is 45.8. The highest BCUT2D eigenvalue weighted by molar-refractivity contribution is 5.97. The molecule has 10 N–H and O–H groups in total. The second kappa shape index (κ2) is 15.3. The van der Waals surface area contributed by atoms with Gasteiger partial charge in [-0.05, 0) is 37.1 Å². The zero-order valence-electron chi connectivity index (χ0n) is 28.3. The van der Waals surface area contributed by atoms with Crippen molar-refractivity contribution in [2.75, 3.05) is 19.8 Å². The van der Waals surface area contributed by atoms with E-state index in [9.17, 15) is 65.4 Å². The number of carbonyl (C=O) groups is 3. The summed E-state index contributed by atoms with van der Waals surface area (Å²) in [4.78, 5) is 40.3. The first-order valence-electron chi connectivity index (χ1n) is 17.1. The third-order valence-electron chi connectivity index (χ3n) is 10.6. The van der Waals surface area contributed by atoms with Crippen molar-refractivity contribution in [2.24, 2.45) is 11.8 Å². The fourth-order valence-corrected chi connectivity index (χ4v) is 7.36. The molecule has 4 saturated heterocycles. The topological polar surface area (TPSA) is 318 Å². The smallest absolute Gasteiger partial charge is 0.338 e. The first-order chi connectivity index (χ1) is 25.0. The van der Waals surface area contributed by atoms with Gasteiger partial charge in [-0.2, -0.15) is 0 Å². The number of rotatable bonds is 8. The van der Waals surface area contributed by atoms with Crippen LogP contribution in [-0.4, -0.2) is 180 Å². The molecule has 296 valence electrons. The summed E-state index contributed by atoms with van der Waals surface area (Å²) in [5, 5.41) is 104. The molecule has 0 unspecified atom stereocenters. The number of benzene rings is 1. The second-order valence-electron chi connectivity index (χ2n) is 14.1. The molecule has 1 aliphatic carbocycles. The minimum Gasteiger partial charge on any atom is -0.508 e. The molecule has 17 atom stereocenters. The van der Waals surface area contributed by atoms with E-state index in [1.807, 2.05) is 0 Å². The van der Waals surface area contributed by atoms with E-state index in [0.717, 1.165) is 0 Å². The monoisotopic (exact) mass is 760 g/mol. The van der Waals surface area contributed by atoms with Gasteiger partial charge in [0.05, 0.1) is 37.4 Å². The molecular formula is C33H44O20. The van der Waals surface area contributed by atoms with Crippen LogP contribution in [0.25, 0.3) is 0 Å². The molecule has 53 heavy (non-hydrogen) atoms. The maximum atomic E-state index is 13.8. The number of Topliss-reactive ketones (excluding diaryl/α,β-unsaturated/α-hetero) is 1. The average Bonchev–Trinajstić information content (AvgIpc) is 3.35. The Balaban J connectivity index is 1.16. The van der Waals surface area contributed by atoms with Crippen LogP contribution < -0.4 is 0 Å². The fourth-order valence-electron chi connectivity index (χ4n) is 7.36. The number of fused-ring (bicyclic) bond motifs is 1. The summed E-state index contributed by atoms with van der Waals surface area (Å²) >= 11 is 0. The summed E-state index contributed by atoms with van der Waals surface area (Å²) in [6.45, 7) is -0.138. The summed E-state index contributed by atoms with van der Waals surface area (Å²) < 4.78 is 39.3. The van der Waals surface area contributed by atoms with Crippen molar-refractivity contribution in [1.29, 1.82) is 0 Å². The number of phenols is 1. The largest absolute Gasteiger partial charge is 0.508 e. The summed E-state index contributed by atoms with van der Waals surface area (Å²) in [6, 6.07) is 5.28. The van der Waals surface area contributed by atoms with Crippen molar-refractivity contribution < 1.29 is 98.6 Å². The molecule has 1 aromatic rings. The zero-order chi connectivity index (χ0) is 38.6. The van der Waals surface area contributed by atoms with Gasteiger partial charge in [0.2, 0.25) is 17.9 Å². The highest BCUT2D eigenvalue weighted by Gasteiger charge is 2.71. The highest BCUT2D eigenvalue weighted by atomic mass is 16.8. The van der Waals surface area contributed by atoms with E-state index < -0.39 is 147 Å². The lowest BCUT2D eigenvalue weighted by atomic mass is 9.72. The van der Waals surface area contributed by atoms with Crippen molar-refractivity contribution in [2.45, 2.75) is 117 Å². The van der Waals surface area contributed by atoms with Gasteiger partial charge in [0.15, 0.2) is 18.0 Å². The third kappa shape index (κ3) is 7.18. The molecular weight excluding hydrogens is 716 g/mol. The van der Waals surface area contributed by atoms with Gasteiger partial charge >= 0.3 is 11.9 Å². The first kappa shape index (κ1) is 39.8. The minimum atomic E-state index is -2.55. The van der Waals surface area contributed by atoms with Crippen LogP contribution in [0.5, 0.6) is 5.75 Å². The van der Waals surface area contributed by atoms with E-state index in [1.54, 1.807) is 6.92 Å². The third-order valence-corrected chi connectivity index (χ3v) is 10.6. The first-order valence-corrected chi connectivity index (χ1v) is 17.1. The van der Waals surface area contributed by atoms with Crippen molar-refractivity contribution in [3.05, 3.63) is 29.8 Å². The lowest BCUT2D eigenvalue weighted by Gasteiger charge is -2.46. The number of aromatic hydroxyl groups is 1. The Morgan fingerprint density at radius 2 is 1.47 bits per heavy atom. The molecule has 0 amide bonds. The fraction of sp³-hybridized carbons (Fsp3) is 0.727. The van der Waals surface area contributed by atoms with Crippen molar-refractivity contribution in [3.63, 3.8) is 0 Å². The Morgan fingerprint density at radius 3 is 2.11 bits per heavy atom. The molecule has 4 aliphatic heterocycles. The summed E-state index contributed by atoms with van der Waals surface area (Å²) in [6.07, 6.45) is -23.7. The van der Waals surface area contributed by atoms with Gasteiger partial charge in [0.1, 0.15) is 60.7 Å². The van der Waals surface area contributed by atoms with Crippen LogP contribution in [0.4, 0.5) is 0 Å². The number of esters is 2. The zero-order valence-corrected chi connectivity index (χ0v) is 28.3. The van der Waals surface area contributed by atoms with Crippen LogP contribution in [0.1, 0.15) is 36.5 Å². The lowest BCUT2D eigenvalue weighted by molar-refractivity contribution is -0.363. The molecule has 4 heterocycles. The molecule has 5 fully saturated rings. The van der Waals surface area contributed by atoms with E-state index in [0.29, 0.717) is 0 Å². The maximum Gasteiger partial charge on any atom is 0.338 e. The lowest BCUT2D eigenvalue weighted by Crippen LogP contribution is -2.65. The second-order valence-corrected chi connectivity index (χ2v) is 14.1. The van der Waals surface area contributed by atoms with Crippen LogP contribution in [-0.2, 0) is 42.7 Å². The van der Waals surface area contributed by atoms with Gasteiger partial charge in [0, 0.05) is 12.3 Å². The standard InChI is InChI=1S/C33H44O20/c1-12-11-47-32(8-16(12)48-27(43)13-2-4-15(36)5-3-13)31(45)33(46)19(37)6-14(7-20(33)53-32)28(44)52-30-26(24(41)22(39)18(10-35)50-30)51-29-25(42)23(40)21(38)17(9-34)49-29/h2-5,12,14,16-26,29-30,34-42,46H,6-11H2,1H3/t12-,14+,16+,17-,18-,19-,20-,21-,22-,23+,24+,25-,26-,29+,30+,32+,33-/m1/s1. The van der Waals surface area contributed by atoms with Gasteiger partial charge in [-0.3, -0.25) is 9.59 Å². The van der Waals surface area contributed by atoms with Crippen molar-refractivity contribution in [3.8, 4) is 5.75 Å². The van der Waals surface area contributed by atoms with E-state index in [-0.39, 0.29) is 24.3 Å². The van der Waals surface area contributed by atoms with Crippen LogP contribution >= 0.6 is 0 Å². The SMILES string of the molecule is C[C@@H]1CO[C@@]2(C[C@@H]1OC(=O)c1ccc(O)cc1)O[C@@H]1C[C@@H](C(=O)O[C@@H]3O[C@H](CO)[C@@H](O)[C@H](O)[C@H]3O[C@@H]3O[C@H](CO)[C@@H](O)[C@H](O)[C@H]3O)C[C@@H](O)[C@]1(O)C2=O. The summed E-state index contributed by atoms with van der Waals surface area (Å²) in [5.41, 5.74) is -2.44. The Hall–Kier alpha value is -2.93. The van der Waals surface area contributed by atoms with Gasteiger partial charge in [-0.15, -0.1) is 0 Å².